The summed E-state index contributed by atoms with van der Waals surface area (Å²) in [6, 6.07) is 7.53. The number of amides is 2. The predicted molar refractivity (Wildman–Crippen MR) is 113 cm³/mol. The molecule has 2 atom stereocenters. The lowest BCUT2D eigenvalue weighted by Crippen LogP contribution is -2.39. The van der Waals surface area contributed by atoms with Gasteiger partial charge < -0.3 is 14.2 Å². The number of esters is 1. The Morgan fingerprint density at radius 1 is 1.03 bits per heavy atom. The molecule has 166 valence electrons. The maximum Gasteiger partial charge on any atom is 0.337 e. The molecule has 32 heavy (non-hydrogen) atoms. The predicted octanol–water partition coefficient (Wildman–Crippen LogP) is 2.64. The number of methoxy groups -OCH3 is 3. The maximum absolute atomic E-state index is 13.2. The fourth-order valence-electron chi connectivity index (χ4n) is 3.72. The second-order valence-electron chi connectivity index (χ2n) is 7.04. The van der Waals surface area contributed by atoms with E-state index < -0.39 is 29.9 Å². The molecule has 1 saturated heterocycles. The zero-order valence-electron chi connectivity index (χ0n) is 17.4. The molecule has 0 radical (unpaired) electrons. The highest BCUT2D eigenvalue weighted by Crippen LogP contribution is 2.36. The van der Waals surface area contributed by atoms with Gasteiger partial charge in [0.15, 0.2) is 12.1 Å². The number of hydrogen-bond acceptors (Lipinski definition) is 9. The molecular formula is C21H19ClN4O6. The van der Waals surface area contributed by atoms with E-state index in [4.69, 9.17) is 25.8 Å². The number of carbonyl (C=O) groups is 3. The van der Waals surface area contributed by atoms with E-state index in [0.717, 1.165) is 4.90 Å². The molecule has 2 aromatic rings. The van der Waals surface area contributed by atoms with Gasteiger partial charge >= 0.3 is 5.97 Å². The van der Waals surface area contributed by atoms with Gasteiger partial charge in [-0.3, -0.25) is 14.6 Å². The van der Waals surface area contributed by atoms with Crippen molar-refractivity contribution in [1.29, 1.82) is 0 Å². The van der Waals surface area contributed by atoms with Crippen LogP contribution in [0.25, 0.3) is 0 Å². The number of ether oxygens (including phenoxy) is 3. The number of rotatable bonds is 6. The maximum atomic E-state index is 13.2. The second kappa shape index (κ2) is 8.46. The number of nitrogens with zero attached hydrogens (tertiary/aromatic N) is 4. The Bertz CT molecular complexity index is 1140. The van der Waals surface area contributed by atoms with E-state index in [-0.39, 0.29) is 11.6 Å². The first-order valence-corrected chi connectivity index (χ1v) is 9.91. The largest absolute Gasteiger partial charge is 0.496 e. The van der Waals surface area contributed by atoms with E-state index in [9.17, 15) is 14.4 Å². The molecule has 10 nitrogen and oxygen atoms in total. The summed E-state index contributed by atoms with van der Waals surface area (Å²) in [4.78, 5) is 39.1. The fourth-order valence-corrected chi connectivity index (χ4v) is 3.98. The highest BCUT2D eigenvalue weighted by molar-refractivity contribution is 6.33. The van der Waals surface area contributed by atoms with Crippen LogP contribution in [0.3, 0.4) is 0 Å². The lowest BCUT2D eigenvalue weighted by Gasteiger charge is -2.22. The summed E-state index contributed by atoms with van der Waals surface area (Å²) in [6.07, 6.45) is 0. The Balaban J connectivity index is 1.62. The van der Waals surface area contributed by atoms with Crippen LogP contribution in [0.1, 0.15) is 15.9 Å². The molecule has 4 rings (SSSR count). The summed E-state index contributed by atoms with van der Waals surface area (Å²) in [7, 11) is 4.25. The third-order valence-corrected chi connectivity index (χ3v) is 5.58. The highest BCUT2D eigenvalue weighted by Gasteiger charge is 2.54. The van der Waals surface area contributed by atoms with Gasteiger partial charge in [0.05, 0.1) is 44.1 Å². The molecule has 0 saturated carbocycles. The van der Waals surface area contributed by atoms with Crippen molar-refractivity contribution in [3.63, 3.8) is 0 Å². The SMILES string of the molecule is COC(=O)c1ccc(OC)c(CN2N=N[C@@H]3C(=O)N(c4ccc(OC)c(Cl)c4)C(=O)[C@H]32)c1. The fraction of sp³-hybridized carbons (Fsp3) is 0.286. The summed E-state index contributed by atoms with van der Waals surface area (Å²) in [5, 5.41) is 9.73. The Kier molecular flexibility index (Phi) is 5.70. The molecule has 0 unspecified atom stereocenters. The van der Waals surface area contributed by atoms with Crippen molar-refractivity contribution in [2.24, 2.45) is 10.3 Å². The Labute approximate surface area is 188 Å². The number of fused-ring (bicyclic) bond motifs is 1. The van der Waals surface area contributed by atoms with Gasteiger partial charge in [0.2, 0.25) is 0 Å². The average molecular weight is 459 g/mol. The summed E-state index contributed by atoms with van der Waals surface area (Å²) in [6.45, 7) is 0.0922. The smallest absolute Gasteiger partial charge is 0.337 e. The van der Waals surface area contributed by atoms with Gasteiger partial charge in [0.1, 0.15) is 11.5 Å². The molecule has 0 N–H and O–H groups in total. The van der Waals surface area contributed by atoms with Gasteiger partial charge in [-0.1, -0.05) is 16.8 Å². The molecule has 2 aromatic carbocycles. The van der Waals surface area contributed by atoms with Gasteiger partial charge in [0.25, 0.3) is 11.8 Å². The Morgan fingerprint density at radius 2 is 1.75 bits per heavy atom. The number of imide groups is 1. The van der Waals surface area contributed by atoms with E-state index in [2.05, 4.69) is 10.3 Å². The minimum Gasteiger partial charge on any atom is -0.496 e. The van der Waals surface area contributed by atoms with E-state index in [0.29, 0.717) is 28.3 Å². The van der Waals surface area contributed by atoms with Crippen LogP contribution in [-0.2, 0) is 20.9 Å². The molecule has 0 spiro atoms. The van der Waals surface area contributed by atoms with Crippen molar-refractivity contribution < 1.29 is 28.6 Å². The first-order valence-electron chi connectivity index (χ1n) is 9.53. The first-order chi connectivity index (χ1) is 15.4. The van der Waals surface area contributed by atoms with E-state index in [1.54, 1.807) is 30.3 Å². The third-order valence-electron chi connectivity index (χ3n) is 5.29. The highest BCUT2D eigenvalue weighted by atomic mass is 35.5. The van der Waals surface area contributed by atoms with Gasteiger partial charge in [0, 0.05) is 5.56 Å². The van der Waals surface area contributed by atoms with Crippen LogP contribution in [0.15, 0.2) is 46.7 Å². The van der Waals surface area contributed by atoms with E-state index in [1.165, 1.54) is 32.4 Å². The van der Waals surface area contributed by atoms with Crippen molar-refractivity contribution in [1.82, 2.24) is 5.01 Å². The van der Waals surface area contributed by atoms with Crippen molar-refractivity contribution in [3.05, 3.63) is 52.5 Å². The zero-order chi connectivity index (χ0) is 23.0. The van der Waals surface area contributed by atoms with Crippen LogP contribution in [0.4, 0.5) is 5.69 Å². The van der Waals surface area contributed by atoms with E-state index >= 15 is 0 Å². The van der Waals surface area contributed by atoms with Crippen LogP contribution in [0.2, 0.25) is 5.02 Å². The molecule has 0 bridgehead atoms. The van der Waals surface area contributed by atoms with Crippen LogP contribution in [-0.4, -0.2) is 56.2 Å². The minimum absolute atomic E-state index is 0.0922. The van der Waals surface area contributed by atoms with Gasteiger partial charge in [-0.25, -0.2) is 9.69 Å². The van der Waals surface area contributed by atoms with Crippen molar-refractivity contribution >= 4 is 35.1 Å². The number of hydrogen-bond donors (Lipinski definition) is 0. The number of carbonyl (C=O) groups excluding carboxylic acids is 3. The summed E-state index contributed by atoms with van der Waals surface area (Å²) >= 11 is 6.17. The zero-order valence-corrected chi connectivity index (χ0v) is 18.2. The van der Waals surface area contributed by atoms with Crippen LogP contribution < -0.4 is 14.4 Å². The lowest BCUT2D eigenvalue weighted by molar-refractivity contribution is -0.123. The minimum atomic E-state index is -0.974. The molecule has 2 aliphatic heterocycles. The van der Waals surface area contributed by atoms with Gasteiger partial charge in [-0.05, 0) is 36.4 Å². The monoisotopic (exact) mass is 458 g/mol. The number of benzene rings is 2. The summed E-state index contributed by atoms with van der Waals surface area (Å²) < 4.78 is 15.3. The van der Waals surface area contributed by atoms with E-state index in [1.807, 2.05) is 0 Å². The molecule has 2 amide bonds. The topological polar surface area (TPSA) is 110 Å². The molecule has 0 aromatic heterocycles. The van der Waals surface area contributed by atoms with Crippen molar-refractivity contribution in [3.8, 4) is 11.5 Å². The number of anilines is 1. The first kappa shape index (κ1) is 21.6. The molecule has 0 aliphatic carbocycles. The van der Waals surface area contributed by atoms with Gasteiger partial charge in [-0.2, -0.15) is 5.11 Å². The average Bonchev–Trinajstić information content (AvgIpc) is 3.32. The molecule has 2 aliphatic rings. The Hall–Kier alpha value is -3.66. The van der Waals surface area contributed by atoms with Crippen molar-refractivity contribution in [2.75, 3.05) is 26.2 Å². The summed E-state index contributed by atoms with van der Waals surface area (Å²) in [5.74, 6) is -0.568. The second-order valence-corrected chi connectivity index (χ2v) is 7.45. The quantitative estimate of drug-likeness (QED) is 0.483. The van der Waals surface area contributed by atoms with Crippen LogP contribution in [0.5, 0.6) is 11.5 Å². The summed E-state index contributed by atoms with van der Waals surface area (Å²) in [5.41, 5.74) is 1.22. The molecular weight excluding hydrogens is 440 g/mol. The lowest BCUT2D eigenvalue weighted by atomic mass is 10.1. The van der Waals surface area contributed by atoms with Gasteiger partial charge in [-0.15, -0.1) is 0 Å². The normalized spacial score (nSPS) is 19.4. The molecule has 1 fully saturated rings. The van der Waals surface area contributed by atoms with Crippen molar-refractivity contribution in [2.45, 2.75) is 18.6 Å². The van der Waals surface area contributed by atoms with Crippen LogP contribution in [0, 0.1) is 0 Å². The Morgan fingerprint density at radius 3 is 2.41 bits per heavy atom. The molecule has 2 heterocycles. The third kappa shape index (κ3) is 3.52. The molecule has 11 heteroatoms. The standard InChI is InChI=1S/C21H19ClN4O6/c1-30-15-6-4-11(21(29)32-3)8-12(15)10-25-18-17(23-24-25)19(27)26(20(18)28)13-5-7-16(31-2)14(22)9-13/h4-9,17-18H,10H2,1-3H3/t17-,18-/m0/s1. The van der Waals surface area contributed by atoms with Crippen LogP contribution >= 0.6 is 11.6 Å². The number of halogens is 1.